The molecule has 0 radical (unpaired) electrons. The molecule has 0 spiro atoms. The van der Waals surface area contributed by atoms with Crippen molar-refractivity contribution in [3.8, 4) is 0 Å². The zero-order chi connectivity index (χ0) is 11.4. The first kappa shape index (κ1) is 12.2. The zero-order valence-electron chi connectivity index (χ0n) is 9.90. The van der Waals surface area contributed by atoms with Crippen LogP contribution in [-0.2, 0) is 0 Å². The molecule has 2 heterocycles. The summed E-state index contributed by atoms with van der Waals surface area (Å²) in [6.07, 6.45) is 6.73. The van der Waals surface area contributed by atoms with Crippen LogP contribution < -0.4 is 5.32 Å². The number of nitrogens with one attached hydrogen (secondary N) is 1. The topological polar surface area (TPSA) is 12.0 Å². The van der Waals surface area contributed by atoms with Gasteiger partial charge in [-0.3, -0.25) is 0 Å². The fraction of sp³-hybridized carbons (Fsp3) is 0.538. The fourth-order valence-corrected chi connectivity index (χ4v) is 4.62. The molecule has 88 valence electrons. The van der Waals surface area contributed by atoms with E-state index < -0.39 is 0 Å². The van der Waals surface area contributed by atoms with Crippen molar-refractivity contribution < 1.29 is 0 Å². The molecule has 0 aromatic carbocycles. The van der Waals surface area contributed by atoms with Crippen molar-refractivity contribution in [3.63, 3.8) is 0 Å². The highest BCUT2D eigenvalue weighted by molar-refractivity contribution is 8.01. The maximum atomic E-state index is 3.67. The Labute approximate surface area is 106 Å². The van der Waals surface area contributed by atoms with Crippen LogP contribution in [0.1, 0.15) is 38.3 Å². The molecule has 0 bridgehead atoms. The Bertz CT molecular complexity index is 357. The van der Waals surface area contributed by atoms with Gasteiger partial charge in [-0.05, 0) is 43.3 Å². The Balaban J connectivity index is 1.95. The molecule has 1 unspecified atom stereocenters. The predicted octanol–water partition coefficient (Wildman–Crippen LogP) is 4.23. The van der Waals surface area contributed by atoms with Gasteiger partial charge in [0.1, 0.15) is 0 Å². The summed E-state index contributed by atoms with van der Waals surface area (Å²) in [5.41, 5.74) is 1.52. The molecule has 1 N–H and O–H groups in total. The molecular formula is C13H19NS2. The molecule has 0 amide bonds. The van der Waals surface area contributed by atoms with Crippen LogP contribution in [0.4, 0.5) is 0 Å². The number of thiophene rings is 1. The summed E-state index contributed by atoms with van der Waals surface area (Å²) in [5, 5.41) is 6.63. The maximum absolute atomic E-state index is 3.67. The monoisotopic (exact) mass is 253 g/mol. The van der Waals surface area contributed by atoms with E-state index in [0.29, 0.717) is 6.04 Å². The van der Waals surface area contributed by atoms with E-state index in [2.05, 4.69) is 42.8 Å². The Morgan fingerprint density at radius 2 is 2.44 bits per heavy atom. The normalized spacial score (nSPS) is 24.9. The number of hydrogen-bond donors (Lipinski definition) is 1. The van der Waals surface area contributed by atoms with Gasteiger partial charge in [0.2, 0.25) is 0 Å². The molecule has 1 nitrogen and oxygen atoms in total. The minimum atomic E-state index is 0.572. The quantitative estimate of drug-likeness (QED) is 0.636. The van der Waals surface area contributed by atoms with Crippen LogP contribution >= 0.6 is 23.1 Å². The Morgan fingerprint density at radius 1 is 1.56 bits per heavy atom. The Morgan fingerprint density at radius 3 is 3.25 bits per heavy atom. The molecule has 3 heteroatoms. The first-order valence-corrected chi connectivity index (χ1v) is 7.65. The summed E-state index contributed by atoms with van der Waals surface area (Å²) in [5.74, 6) is 0. The van der Waals surface area contributed by atoms with E-state index >= 15 is 0 Å². The molecule has 16 heavy (non-hydrogen) atoms. The van der Waals surface area contributed by atoms with Crippen molar-refractivity contribution in [1.29, 1.82) is 0 Å². The second kappa shape index (κ2) is 5.89. The summed E-state index contributed by atoms with van der Waals surface area (Å²) in [6, 6.07) is 2.86. The van der Waals surface area contributed by atoms with Crippen LogP contribution in [0.5, 0.6) is 0 Å². The lowest BCUT2D eigenvalue weighted by atomic mass is 10.0. The zero-order valence-corrected chi connectivity index (χ0v) is 11.5. The molecule has 0 saturated carbocycles. The largest absolute Gasteiger partial charge is 0.310 e. The Hall–Kier alpha value is -0.250. The molecule has 1 aromatic heterocycles. The van der Waals surface area contributed by atoms with E-state index in [0.717, 1.165) is 18.2 Å². The molecule has 0 fully saturated rings. The molecule has 0 aliphatic carbocycles. The molecular weight excluding hydrogens is 234 g/mol. The first-order valence-electron chi connectivity index (χ1n) is 5.90. The van der Waals surface area contributed by atoms with Crippen LogP contribution in [0.3, 0.4) is 0 Å². The number of rotatable bonds is 4. The van der Waals surface area contributed by atoms with Gasteiger partial charge in [-0.1, -0.05) is 19.1 Å². The van der Waals surface area contributed by atoms with Crippen LogP contribution in [0.2, 0.25) is 0 Å². The minimum Gasteiger partial charge on any atom is -0.310 e. The van der Waals surface area contributed by atoms with Gasteiger partial charge < -0.3 is 5.32 Å². The van der Waals surface area contributed by atoms with E-state index in [1.54, 1.807) is 0 Å². The van der Waals surface area contributed by atoms with Crippen LogP contribution in [0.25, 0.3) is 0 Å². The lowest BCUT2D eigenvalue weighted by Crippen LogP contribution is -2.27. The molecule has 2 atom stereocenters. The van der Waals surface area contributed by atoms with Crippen molar-refractivity contribution in [2.24, 2.45) is 0 Å². The van der Waals surface area contributed by atoms with Gasteiger partial charge in [-0.15, -0.1) is 23.1 Å². The minimum absolute atomic E-state index is 0.572. The van der Waals surface area contributed by atoms with E-state index in [-0.39, 0.29) is 0 Å². The second-order valence-electron chi connectivity index (χ2n) is 4.19. The summed E-state index contributed by atoms with van der Waals surface area (Å²) in [7, 11) is 0. The smallest absolute Gasteiger partial charge is 0.0649 e. The van der Waals surface area contributed by atoms with Crippen LogP contribution in [0, 0.1) is 0 Å². The molecule has 2 rings (SSSR count). The number of thioether (sulfide) groups is 1. The number of hydrogen-bond acceptors (Lipinski definition) is 3. The maximum Gasteiger partial charge on any atom is 0.0649 e. The lowest BCUT2D eigenvalue weighted by Gasteiger charge is -2.27. The summed E-state index contributed by atoms with van der Waals surface area (Å²) >= 11 is 3.92. The van der Waals surface area contributed by atoms with Crippen LogP contribution in [-0.4, -0.2) is 11.8 Å². The van der Waals surface area contributed by atoms with Crippen molar-refractivity contribution >= 4 is 23.1 Å². The first-order chi connectivity index (χ1) is 7.81. The highest BCUT2D eigenvalue weighted by Gasteiger charge is 2.25. The van der Waals surface area contributed by atoms with Gasteiger partial charge in [0.05, 0.1) is 4.21 Å². The highest BCUT2D eigenvalue weighted by atomic mass is 32.2. The standard InChI is InChI=1S/C13H19NS2/c1-3-4-5-7-14-12-9-10(2)16-13-11(12)6-8-15-13/h3-4,6,8,10,12,14H,5,7,9H2,1-2H3/b4-3+/t10-,12?/m0/s1. The Kier molecular flexibility index (Phi) is 4.50. The molecule has 0 saturated heterocycles. The summed E-state index contributed by atoms with van der Waals surface area (Å²) in [4.78, 5) is 0. The molecule has 1 aliphatic heterocycles. The fourth-order valence-electron chi connectivity index (χ4n) is 2.05. The van der Waals surface area contributed by atoms with E-state index in [9.17, 15) is 0 Å². The van der Waals surface area contributed by atoms with Gasteiger partial charge in [0, 0.05) is 11.3 Å². The highest BCUT2D eigenvalue weighted by Crippen LogP contribution is 2.43. The predicted molar refractivity (Wildman–Crippen MR) is 74.4 cm³/mol. The SMILES string of the molecule is C/C=C/CCNC1C[C@H](C)Sc2sccc21. The van der Waals surface area contributed by atoms with Crippen molar-refractivity contribution in [2.45, 2.75) is 42.2 Å². The van der Waals surface area contributed by atoms with Gasteiger partial charge in [0.25, 0.3) is 0 Å². The average molecular weight is 253 g/mol. The third-order valence-corrected chi connectivity index (χ3v) is 5.19. The van der Waals surface area contributed by atoms with E-state index in [4.69, 9.17) is 0 Å². The number of fused-ring (bicyclic) bond motifs is 1. The van der Waals surface area contributed by atoms with Gasteiger partial charge in [-0.25, -0.2) is 0 Å². The van der Waals surface area contributed by atoms with E-state index in [1.165, 1.54) is 16.2 Å². The van der Waals surface area contributed by atoms with Crippen molar-refractivity contribution in [2.75, 3.05) is 6.54 Å². The summed E-state index contributed by atoms with van der Waals surface area (Å²) in [6.45, 7) is 5.49. The third-order valence-electron chi connectivity index (χ3n) is 2.85. The molecule has 1 aromatic rings. The number of allylic oxidation sites excluding steroid dienone is 1. The van der Waals surface area contributed by atoms with Crippen LogP contribution in [0.15, 0.2) is 27.8 Å². The lowest BCUT2D eigenvalue weighted by molar-refractivity contribution is 0.494. The van der Waals surface area contributed by atoms with E-state index in [1.807, 2.05) is 23.1 Å². The summed E-state index contributed by atoms with van der Waals surface area (Å²) < 4.78 is 1.52. The van der Waals surface area contributed by atoms with Crippen molar-refractivity contribution in [1.82, 2.24) is 5.32 Å². The van der Waals surface area contributed by atoms with Gasteiger partial charge in [0.15, 0.2) is 0 Å². The second-order valence-corrected chi connectivity index (χ2v) is 6.82. The van der Waals surface area contributed by atoms with Crippen molar-refractivity contribution in [3.05, 3.63) is 29.2 Å². The van der Waals surface area contributed by atoms with Gasteiger partial charge >= 0.3 is 0 Å². The molecule has 1 aliphatic rings. The van der Waals surface area contributed by atoms with Gasteiger partial charge in [-0.2, -0.15) is 0 Å². The average Bonchev–Trinajstić information content (AvgIpc) is 2.72. The third kappa shape index (κ3) is 2.90.